The quantitative estimate of drug-likeness (QED) is 0.731. The monoisotopic (exact) mass is 356 g/mol. The van der Waals surface area contributed by atoms with Crippen LogP contribution in [0.3, 0.4) is 0 Å². The van der Waals surface area contributed by atoms with E-state index in [9.17, 15) is 9.59 Å². The molecule has 1 aromatic rings. The number of hydrogen-bond donors (Lipinski definition) is 2. The molecule has 2 heterocycles. The van der Waals surface area contributed by atoms with E-state index < -0.39 is 5.97 Å². The van der Waals surface area contributed by atoms with Gasteiger partial charge in [0.2, 0.25) is 5.91 Å². The molecule has 1 saturated heterocycles. The summed E-state index contributed by atoms with van der Waals surface area (Å²) in [7, 11) is 0. The summed E-state index contributed by atoms with van der Waals surface area (Å²) in [5, 5.41) is 10.3. The van der Waals surface area contributed by atoms with Crippen molar-refractivity contribution in [3.63, 3.8) is 0 Å². The van der Waals surface area contributed by atoms with Crippen LogP contribution in [0, 0.1) is 0 Å². The lowest BCUT2D eigenvalue weighted by Crippen LogP contribution is -2.32. The zero-order valence-electron chi connectivity index (χ0n) is 11.7. The van der Waals surface area contributed by atoms with Crippen molar-refractivity contribution in [1.29, 1.82) is 0 Å². The number of amides is 1. The highest BCUT2D eigenvalue weighted by Crippen LogP contribution is 2.35. The third-order valence-corrected chi connectivity index (χ3v) is 5.75. The first-order chi connectivity index (χ1) is 10.5. The molecule has 0 bridgehead atoms. The average molecular weight is 356 g/mol. The van der Waals surface area contributed by atoms with Crippen LogP contribution in [0.1, 0.15) is 24.1 Å². The Kier molecular flexibility index (Phi) is 5.98. The van der Waals surface area contributed by atoms with E-state index in [1.807, 2.05) is 17.5 Å². The molecule has 1 aliphatic rings. The maximum atomic E-state index is 12.4. The topological polar surface area (TPSA) is 83.6 Å². The number of nitrogens with zero attached hydrogens (tertiary/aromatic N) is 1. The number of thioether (sulfide) groups is 1. The first-order valence-electron chi connectivity index (χ1n) is 6.71. The molecule has 118 valence electrons. The fourth-order valence-electron chi connectivity index (χ4n) is 2.13. The van der Waals surface area contributed by atoms with E-state index in [1.54, 1.807) is 11.3 Å². The van der Waals surface area contributed by atoms with Crippen molar-refractivity contribution in [3.8, 4) is 0 Å². The predicted octanol–water partition coefficient (Wildman–Crippen LogP) is 2.53. The molecule has 1 aromatic heterocycles. The van der Waals surface area contributed by atoms with Crippen molar-refractivity contribution in [2.75, 3.05) is 6.54 Å². The molecule has 3 N–H and O–H groups in total. The predicted molar refractivity (Wildman–Crippen MR) is 93.7 cm³/mol. The molecule has 0 aliphatic carbocycles. The molecule has 8 heteroatoms. The molecule has 5 nitrogen and oxygen atoms in total. The Morgan fingerprint density at radius 2 is 2.32 bits per heavy atom. The van der Waals surface area contributed by atoms with E-state index in [2.05, 4.69) is 0 Å². The van der Waals surface area contributed by atoms with E-state index in [4.69, 9.17) is 23.1 Å². The zero-order chi connectivity index (χ0) is 16.1. The van der Waals surface area contributed by atoms with Crippen LogP contribution in [0.4, 0.5) is 0 Å². The summed E-state index contributed by atoms with van der Waals surface area (Å²) < 4.78 is 0.517. The molecule has 1 unspecified atom stereocenters. The number of carbonyl (C=O) groups is 2. The molecule has 0 saturated carbocycles. The fraction of sp³-hybridized carbons (Fsp3) is 0.357. The molecule has 1 atom stereocenters. The van der Waals surface area contributed by atoms with Crippen LogP contribution in [0.25, 0.3) is 5.57 Å². The number of rotatable bonds is 7. The van der Waals surface area contributed by atoms with Gasteiger partial charge in [0.1, 0.15) is 4.32 Å². The molecule has 1 aliphatic heterocycles. The lowest BCUT2D eigenvalue weighted by atomic mass is 10.1. The van der Waals surface area contributed by atoms with Gasteiger partial charge >= 0.3 is 5.97 Å². The lowest BCUT2D eigenvalue weighted by molar-refractivity contribution is -0.137. The average Bonchev–Trinajstić information content (AvgIpc) is 3.08. The van der Waals surface area contributed by atoms with Gasteiger partial charge < -0.3 is 10.8 Å². The van der Waals surface area contributed by atoms with Crippen molar-refractivity contribution in [1.82, 2.24) is 4.90 Å². The smallest absolute Gasteiger partial charge is 0.303 e. The molecule has 0 spiro atoms. The Morgan fingerprint density at radius 3 is 2.91 bits per heavy atom. The van der Waals surface area contributed by atoms with Crippen molar-refractivity contribution in [2.45, 2.75) is 24.5 Å². The van der Waals surface area contributed by atoms with Gasteiger partial charge in [-0.25, -0.2) is 0 Å². The van der Waals surface area contributed by atoms with E-state index in [-0.39, 0.29) is 17.6 Å². The molecule has 22 heavy (non-hydrogen) atoms. The second kappa shape index (κ2) is 7.75. The highest BCUT2D eigenvalue weighted by Gasteiger charge is 2.37. The number of hydrogen-bond acceptors (Lipinski definition) is 6. The number of allylic oxidation sites excluding steroid dienone is 1. The maximum absolute atomic E-state index is 12.4. The number of thiocarbonyl (C=S) groups is 1. The zero-order valence-corrected chi connectivity index (χ0v) is 14.2. The Bertz CT molecular complexity index is 598. The van der Waals surface area contributed by atoms with Crippen LogP contribution in [0.5, 0.6) is 0 Å². The molecule has 2 rings (SSSR count). The Hall–Kier alpha value is -1.38. The van der Waals surface area contributed by atoms with Crippen molar-refractivity contribution >= 4 is 57.1 Å². The van der Waals surface area contributed by atoms with Crippen LogP contribution in [-0.4, -0.2) is 38.0 Å². The van der Waals surface area contributed by atoms with Crippen molar-refractivity contribution < 1.29 is 14.7 Å². The van der Waals surface area contributed by atoms with Gasteiger partial charge in [0, 0.05) is 17.8 Å². The number of nitrogens with two attached hydrogens (primary N) is 1. The number of carboxylic acid groups (broad SMARTS) is 1. The SMILES string of the molecule is N/C=C(/CC1SC(=S)N(CCCC(=O)O)C1=O)c1cccs1. The van der Waals surface area contributed by atoms with Gasteiger partial charge in [0.05, 0.1) is 5.25 Å². The molecular formula is C14H16N2O3S3. The first kappa shape index (κ1) is 17.0. The lowest BCUT2D eigenvalue weighted by Gasteiger charge is -2.15. The van der Waals surface area contributed by atoms with Gasteiger partial charge in [-0.1, -0.05) is 30.0 Å². The van der Waals surface area contributed by atoms with Gasteiger partial charge in [0.25, 0.3) is 0 Å². The minimum Gasteiger partial charge on any atom is -0.481 e. The van der Waals surface area contributed by atoms with E-state index >= 15 is 0 Å². The summed E-state index contributed by atoms with van der Waals surface area (Å²) in [4.78, 5) is 25.5. The van der Waals surface area contributed by atoms with Gasteiger partial charge in [-0.15, -0.1) is 11.3 Å². The minimum atomic E-state index is -0.868. The van der Waals surface area contributed by atoms with Crippen LogP contribution in [-0.2, 0) is 9.59 Å². The first-order valence-corrected chi connectivity index (χ1v) is 8.88. The van der Waals surface area contributed by atoms with Gasteiger partial charge in [-0.3, -0.25) is 14.5 Å². The van der Waals surface area contributed by atoms with E-state index in [0.29, 0.717) is 23.7 Å². The maximum Gasteiger partial charge on any atom is 0.303 e. The highest BCUT2D eigenvalue weighted by atomic mass is 32.2. The highest BCUT2D eigenvalue weighted by molar-refractivity contribution is 8.24. The van der Waals surface area contributed by atoms with E-state index in [1.165, 1.54) is 22.9 Å². The largest absolute Gasteiger partial charge is 0.481 e. The summed E-state index contributed by atoms with van der Waals surface area (Å²) in [6, 6.07) is 3.91. The van der Waals surface area contributed by atoms with Crippen molar-refractivity contribution in [2.24, 2.45) is 5.73 Å². The summed E-state index contributed by atoms with van der Waals surface area (Å²) in [5.41, 5.74) is 6.61. The number of aliphatic carboxylic acids is 1. The second-order valence-corrected chi connectivity index (χ2v) is 7.52. The fourth-order valence-corrected chi connectivity index (χ4v) is 4.47. The summed E-state index contributed by atoms with van der Waals surface area (Å²) in [6.07, 6.45) is 2.50. The normalized spacial score (nSPS) is 19.0. The summed E-state index contributed by atoms with van der Waals surface area (Å²) in [5.74, 6) is -0.927. The van der Waals surface area contributed by atoms with E-state index in [0.717, 1.165) is 10.5 Å². The molecule has 0 aromatic carbocycles. The second-order valence-electron chi connectivity index (χ2n) is 4.73. The molecule has 1 fully saturated rings. The molecular weight excluding hydrogens is 340 g/mol. The van der Waals surface area contributed by atoms with Crippen LogP contribution in [0.2, 0.25) is 0 Å². The number of carboxylic acids is 1. The molecule has 1 amide bonds. The third kappa shape index (κ3) is 4.08. The number of thiophene rings is 1. The summed E-state index contributed by atoms with van der Waals surface area (Å²) in [6.45, 7) is 0.355. The standard InChI is InChI=1S/C14H16N2O3S3/c15-8-9(10-3-2-6-21-10)7-11-13(19)16(14(20)22-11)5-1-4-12(17)18/h2-3,6,8,11H,1,4-5,7,15H2,(H,17,18)/b9-8-. The van der Waals surface area contributed by atoms with Gasteiger partial charge in [-0.05, 0) is 36.1 Å². The van der Waals surface area contributed by atoms with Gasteiger partial charge in [-0.2, -0.15) is 0 Å². The van der Waals surface area contributed by atoms with Crippen LogP contribution >= 0.6 is 35.3 Å². The number of carbonyl (C=O) groups excluding carboxylic acids is 1. The summed E-state index contributed by atoms with van der Waals surface area (Å²) >= 11 is 8.16. The Labute approximate surface area is 142 Å². The van der Waals surface area contributed by atoms with Crippen molar-refractivity contribution in [3.05, 3.63) is 28.6 Å². The third-order valence-electron chi connectivity index (χ3n) is 3.22. The Morgan fingerprint density at radius 1 is 1.55 bits per heavy atom. The van der Waals surface area contributed by atoms with Crippen LogP contribution < -0.4 is 5.73 Å². The van der Waals surface area contributed by atoms with Gasteiger partial charge in [0.15, 0.2) is 0 Å². The Balaban J connectivity index is 1.97. The minimum absolute atomic E-state index is 0.0326. The van der Waals surface area contributed by atoms with Crippen LogP contribution in [0.15, 0.2) is 23.7 Å². The molecule has 0 radical (unpaired) electrons.